The molecule has 2 amide bonds. The minimum atomic E-state index is -2.86. The van der Waals surface area contributed by atoms with Gasteiger partial charge in [0, 0.05) is 12.2 Å². The number of nitrogens with zero attached hydrogens (tertiary/aromatic N) is 1. The molecule has 23 heavy (non-hydrogen) atoms. The van der Waals surface area contributed by atoms with Crippen LogP contribution in [0.5, 0.6) is 5.75 Å². The molecular formula is C16H13F2N3O2. The molecule has 0 unspecified atom stereocenters. The largest absolute Gasteiger partial charge is 0.435 e. The van der Waals surface area contributed by atoms with Crippen molar-refractivity contribution in [3.63, 3.8) is 0 Å². The van der Waals surface area contributed by atoms with E-state index in [9.17, 15) is 13.6 Å². The van der Waals surface area contributed by atoms with Gasteiger partial charge in [-0.15, -0.1) is 0 Å². The Balaban J connectivity index is 1.82. The third-order valence-electron chi connectivity index (χ3n) is 2.87. The molecule has 0 aromatic heterocycles. The summed E-state index contributed by atoms with van der Waals surface area (Å²) in [6, 6.07) is 14.0. The average molecular weight is 317 g/mol. The monoisotopic (exact) mass is 317 g/mol. The van der Waals surface area contributed by atoms with Crippen molar-refractivity contribution in [2.24, 2.45) is 0 Å². The number of hydrogen-bond donors (Lipinski definition) is 2. The summed E-state index contributed by atoms with van der Waals surface area (Å²) < 4.78 is 28.3. The number of amides is 2. The number of rotatable bonds is 5. The first kappa shape index (κ1) is 16.2. The van der Waals surface area contributed by atoms with Crippen molar-refractivity contribution in [1.29, 1.82) is 5.26 Å². The zero-order valence-corrected chi connectivity index (χ0v) is 11.9. The molecule has 0 aliphatic rings. The van der Waals surface area contributed by atoms with E-state index in [0.29, 0.717) is 11.3 Å². The molecule has 5 nitrogen and oxygen atoms in total. The van der Waals surface area contributed by atoms with E-state index in [1.165, 1.54) is 12.1 Å². The van der Waals surface area contributed by atoms with Gasteiger partial charge < -0.3 is 15.4 Å². The molecule has 0 fully saturated rings. The van der Waals surface area contributed by atoms with E-state index in [-0.39, 0.29) is 12.3 Å². The molecule has 2 aromatic rings. The second kappa shape index (κ2) is 7.75. The van der Waals surface area contributed by atoms with Crippen molar-refractivity contribution < 1.29 is 18.3 Å². The number of anilines is 1. The predicted octanol–water partition coefficient (Wildman–Crippen LogP) is 3.48. The number of ether oxygens (including phenoxy) is 1. The Kier molecular flexibility index (Phi) is 5.47. The van der Waals surface area contributed by atoms with Gasteiger partial charge in [-0.1, -0.05) is 12.1 Å². The van der Waals surface area contributed by atoms with E-state index in [0.717, 1.165) is 5.56 Å². The van der Waals surface area contributed by atoms with Crippen LogP contribution >= 0.6 is 0 Å². The van der Waals surface area contributed by atoms with Gasteiger partial charge in [-0.05, 0) is 42.0 Å². The third-order valence-corrected chi connectivity index (χ3v) is 2.87. The van der Waals surface area contributed by atoms with Crippen molar-refractivity contribution in [1.82, 2.24) is 5.32 Å². The number of nitriles is 1. The van der Waals surface area contributed by atoms with Crippen LogP contribution in [0.1, 0.15) is 11.1 Å². The molecule has 2 N–H and O–H groups in total. The van der Waals surface area contributed by atoms with E-state index in [1.54, 1.807) is 36.4 Å². The smallest absolute Gasteiger partial charge is 0.387 e. The summed E-state index contributed by atoms with van der Waals surface area (Å²) >= 11 is 0. The zero-order chi connectivity index (χ0) is 16.7. The highest BCUT2D eigenvalue weighted by Crippen LogP contribution is 2.15. The van der Waals surface area contributed by atoms with Crippen LogP contribution in [-0.4, -0.2) is 12.6 Å². The Morgan fingerprint density at radius 2 is 1.78 bits per heavy atom. The summed E-state index contributed by atoms with van der Waals surface area (Å²) in [7, 11) is 0. The Bertz CT molecular complexity index is 695. The first-order valence-electron chi connectivity index (χ1n) is 6.65. The Morgan fingerprint density at radius 3 is 2.35 bits per heavy atom. The first-order chi connectivity index (χ1) is 11.1. The van der Waals surface area contributed by atoms with E-state index >= 15 is 0 Å². The summed E-state index contributed by atoms with van der Waals surface area (Å²) in [5, 5.41) is 13.9. The maximum Gasteiger partial charge on any atom is 0.387 e. The van der Waals surface area contributed by atoms with E-state index in [1.807, 2.05) is 6.07 Å². The molecule has 0 saturated carbocycles. The first-order valence-corrected chi connectivity index (χ1v) is 6.65. The number of benzene rings is 2. The van der Waals surface area contributed by atoms with Gasteiger partial charge in [0.15, 0.2) is 0 Å². The molecule has 0 aliphatic carbocycles. The molecule has 7 heteroatoms. The molecule has 0 aliphatic heterocycles. The van der Waals surface area contributed by atoms with Crippen molar-refractivity contribution in [3.8, 4) is 11.8 Å². The van der Waals surface area contributed by atoms with Gasteiger partial charge in [0.25, 0.3) is 0 Å². The van der Waals surface area contributed by atoms with Gasteiger partial charge in [0.05, 0.1) is 11.6 Å². The van der Waals surface area contributed by atoms with Crippen LogP contribution in [0.15, 0.2) is 48.5 Å². The second-order valence-corrected chi connectivity index (χ2v) is 4.52. The van der Waals surface area contributed by atoms with Gasteiger partial charge >= 0.3 is 12.6 Å². The lowest BCUT2D eigenvalue weighted by Gasteiger charge is -2.09. The summed E-state index contributed by atoms with van der Waals surface area (Å²) in [4.78, 5) is 11.7. The summed E-state index contributed by atoms with van der Waals surface area (Å²) in [6.45, 7) is -2.63. The van der Waals surface area contributed by atoms with Gasteiger partial charge in [0.2, 0.25) is 0 Å². The van der Waals surface area contributed by atoms with Crippen molar-refractivity contribution in [2.75, 3.05) is 5.32 Å². The van der Waals surface area contributed by atoms with E-state index in [2.05, 4.69) is 15.4 Å². The zero-order valence-electron chi connectivity index (χ0n) is 11.9. The lowest BCUT2D eigenvalue weighted by atomic mass is 10.2. The fraction of sp³-hybridized carbons (Fsp3) is 0.125. The number of carbonyl (C=O) groups excluding carboxylic acids is 1. The second-order valence-electron chi connectivity index (χ2n) is 4.52. The fourth-order valence-corrected chi connectivity index (χ4v) is 1.77. The molecular weight excluding hydrogens is 304 g/mol. The number of nitrogens with one attached hydrogen (secondary N) is 2. The molecule has 0 bridgehead atoms. The number of carbonyl (C=O) groups is 1. The summed E-state index contributed by atoms with van der Waals surface area (Å²) in [5.41, 5.74) is 1.80. The van der Waals surface area contributed by atoms with E-state index in [4.69, 9.17) is 5.26 Å². The van der Waals surface area contributed by atoms with Crippen LogP contribution in [-0.2, 0) is 6.54 Å². The van der Waals surface area contributed by atoms with Crippen LogP contribution < -0.4 is 15.4 Å². The summed E-state index contributed by atoms with van der Waals surface area (Å²) in [5.74, 6) is 0.0609. The quantitative estimate of drug-likeness (QED) is 0.886. The average Bonchev–Trinajstić information content (AvgIpc) is 2.54. The third kappa shape index (κ3) is 5.28. The van der Waals surface area contributed by atoms with Crippen LogP contribution in [0.3, 0.4) is 0 Å². The standard InChI is InChI=1S/C16H13F2N3O2/c17-15(18)23-14-7-3-12(4-8-14)10-20-16(22)21-13-5-1-11(9-19)2-6-13/h1-8,15H,10H2,(H2,20,21,22). The van der Waals surface area contributed by atoms with Gasteiger partial charge in [-0.25, -0.2) is 4.79 Å². The highest BCUT2D eigenvalue weighted by molar-refractivity contribution is 5.89. The molecule has 0 atom stereocenters. The van der Waals surface area contributed by atoms with Crippen molar-refractivity contribution in [3.05, 3.63) is 59.7 Å². The lowest BCUT2D eigenvalue weighted by Crippen LogP contribution is -2.28. The normalized spacial score (nSPS) is 10.0. The maximum absolute atomic E-state index is 12.0. The maximum atomic E-state index is 12.0. The Labute approximate surface area is 131 Å². The van der Waals surface area contributed by atoms with Gasteiger partial charge in [0.1, 0.15) is 5.75 Å². The fourth-order valence-electron chi connectivity index (χ4n) is 1.77. The number of halogens is 2. The minimum Gasteiger partial charge on any atom is -0.435 e. The Hall–Kier alpha value is -3.14. The molecule has 0 spiro atoms. The lowest BCUT2D eigenvalue weighted by molar-refractivity contribution is -0.0498. The van der Waals surface area contributed by atoms with Gasteiger partial charge in [-0.2, -0.15) is 14.0 Å². The molecule has 0 heterocycles. The highest BCUT2D eigenvalue weighted by atomic mass is 19.3. The topological polar surface area (TPSA) is 74.2 Å². The Morgan fingerprint density at radius 1 is 1.13 bits per heavy atom. The van der Waals surface area contributed by atoms with Gasteiger partial charge in [-0.3, -0.25) is 0 Å². The van der Waals surface area contributed by atoms with Crippen LogP contribution in [0.4, 0.5) is 19.3 Å². The molecule has 0 saturated heterocycles. The minimum absolute atomic E-state index is 0.0609. The molecule has 0 radical (unpaired) electrons. The SMILES string of the molecule is N#Cc1ccc(NC(=O)NCc2ccc(OC(F)F)cc2)cc1. The molecule has 118 valence electrons. The molecule has 2 aromatic carbocycles. The summed E-state index contributed by atoms with van der Waals surface area (Å²) in [6.07, 6.45) is 0. The molecule has 2 rings (SSSR count). The van der Waals surface area contributed by atoms with Crippen LogP contribution in [0, 0.1) is 11.3 Å². The van der Waals surface area contributed by atoms with Crippen molar-refractivity contribution in [2.45, 2.75) is 13.2 Å². The number of urea groups is 1. The van der Waals surface area contributed by atoms with Crippen LogP contribution in [0.25, 0.3) is 0 Å². The van der Waals surface area contributed by atoms with Crippen LogP contribution in [0.2, 0.25) is 0 Å². The number of alkyl halides is 2. The predicted molar refractivity (Wildman–Crippen MR) is 80.1 cm³/mol. The van der Waals surface area contributed by atoms with Crippen molar-refractivity contribution >= 4 is 11.7 Å². The van der Waals surface area contributed by atoms with E-state index < -0.39 is 12.6 Å². The number of hydrogen-bond acceptors (Lipinski definition) is 3. The highest BCUT2D eigenvalue weighted by Gasteiger charge is 2.05.